The van der Waals surface area contributed by atoms with Gasteiger partial charge in [0.1, 0.15) is 5.82 Å². The van der Waals surface area contributed by atoms with Crippen molar-refractivity contribution in [1.29, 1.82) is 0 Å². The van der Waals surface area contributed by atoms with Gasteiger partial charge in [-0.2, -0.15) is 9.61 Å². The van der Waals surface area contributed by atoms with E-state index in [0.29, 0.717) is 0 Å². The first-order valence-electron chi connectivity index (χ1n) is 10.1. The maximum absolute atomic E-state index is 4.82. The molecule has 0 saturated carbocycles. The van der Waals surface area contributed by atoms with Crippen LogP contribution in [-0.2, 0) is 6.42 Å². The van der Waals surface area contributed by atoms with E-state index in [1.165, 1.54) is 37.3 Å². The van der Waals surface area contributed by atoms with Crippen LogP contribution in [0.3, 0.4) is 0 Å². The maximum Gasteiger partial charge on any atom is 0.160 e. The first kappa shape index (κ1) is 17.7. The number of hydrogen-bond acceptors (Lipinski definition) is 5. The molecule has 2 saturated heterocycles. The molecule has 142 valence electrons. The zero-order valence-electron chi connectivity index (χ0n) is 16.7. The van der Waals surface area contributed by atoms with E-state index < -0.39 is 0 Å². The number of aryl methyl sites for hydroxylation is 3. The molecule has 6 nitrogen and oxygen atoms in total. The summed E-state index contributed by atoms with van der Waals surface area (Å²) in [6, 6.07) is 3.01. The Morgan fingerprint density at radius 3 is 2.38 bits per heavy atom. The number of piperazine rings is 1. The smallest absolute Gasteiger partial charge is 0.160 e. The normalized spacial score (nSPS) is 21.0. The van der Waals surface area contributed by atoms with Crippen molar-refractivity contribution in [3.63, 3.8) is 0 Å². The molecule has 0 radical (unpaired) electrons. The fraction of sp³-hybridized carbons (Fsp3) is 0.700. The van der Waals surface area contributed by atoms with Gasteiger partial charge in [0.05, 0.1) is 5.69 Å². The van der Waals surface area contributed by atoms with Crippen molar-refractivity contribution in [3.8, 4) is 0 Å². The molecule has 26 heavy (non-hydrogen) atoms. The lowest BCUT2D eigenvalue weighted by molar-refractivity contribution is 0.115. The minimum atomic E-state index is 0.770. The Morgan fingerprint density at radius 1 is 1.04 bits per heavy atom. The van der Waals surface area contributed by atoms with Crippen molar-refractivity contribution in [2.24, 2.45) is 0 Å². The van der Waals surface area contributed by atoms with Crippen LogP contribution in [0.1, 0.15) is 36.7 Å². The maximum atomic E-state index is 4.82. The molecule has 4 heterocycles. The predicted octanol–water partition coefficient (Wildman–Crippen LogP) is 2.12. The fourth-order valence-electron chi connectivity index (χ4n) is 4.35. The van der Waals surface area contributed by atoms with E-state index >= 15 is 0 Å². The number of rotatable bonds is 3. The van der Waals surface area contributed by atoms with Crippen LogP contribution in [0.15, 0.2) is 6.07 Å². The molecule has 0 aromatic carbocycles. The lowest BCUT2D eigenvalue weighted by Crippen LogP contribution is -2.53. The molecule has 6 heteroatoms. The first-order chi connectivity index (χ1) is 12.6. The van der Waals surface area contributed by atoms with E-state index in [9.17, 15) is 0 Å². The molecule has 0 aliphatic carbocycles. The second-order valence-corrected chi connectivity index (χ2v) is 7.96. The van der Waals surface area contributed by atoms with Crippen molar-refractivity contribution in [3.05, 3.63) is 23.0 Å². The summed E-state index contributed by atoms with van der Waals surface area (Å²) in [5, 5.41) is 4.77. The van der Waals surface area contributed by atoms with Crippen molar-refractivity contribution in [2.45, 2.75) is 46.1 Å². The minimum Gasteiger partial charge on any atom is -0.354 e. The molecule has 2 aromatic heterocycles. The Balaban J connectivity index is 1.53. The van der Waals surface area contributed by atoms with Gasteiger partial charge in [0, 0.05) is 49.5 Å². The molecule has 0 atom stereocenters. The van der Waals surface area contributed by atoms with Crippen LogP contribution in [0, 0.1) is 13.8 Å². The van der Waals surface area contributed by atoms with Gasteiger partial charge in [0.25, 0.3) is 0 Å². The third-order valence-corrected chi connectivity index (χ3v) is 6.30. The zero-order chi connectivity index (χ0) is 18.3. The SMILES string of the molecule is CCc1cc(N2CCN(C3CCN(C)CC3)CC2)n2nc(C)c(C)c2n1. The first-order valence-corrected chi connectivity index (χ1v) is 10.1. The van der Waals surface area contributed by atoms with Gasteiger partial charge in [-0.05, 0) is 53.2 Å². The molecule has 0 unspecified atom stereocenters. The number of anilines is 1. The lowest BCUT2D eigenvalue weighted by atomic mass is 10.0. The van der Waals surface area contributed by atoms with Crippen LogP contribution in [0.4, 0.5) is 5.82 Å². The monoisotopic (exact) mass is 356 g/mol. The number of aromatic nitrogens is 3. The quantitative estimate of drug-likeness (QED) is 0.842. The summed E-state index contributed by atoms with van der Waals surface area (Å²) >= 11 is 0. The van der Waals surface area contributed by atoms with Crippen LogP contribution < -0.4 is 4.90 Å². The summed E-state index contributed by atoms with van der Waals surface area (Å²) in [5.41, 5.74) is 4.46. The predicted molar refractivity (Wildman–Crippen MR) is 106 cm³/mol. The van der Waals surface area contributed by atoms with Gasteiger partial charge in [-0.3, -0.25) is 4.90 Å². The lowest BCUT2D eigenvalue weighted by Gasteiger charge is -2.42. The van der Waals surface area contributed by atoms with E-state index in [2.05, 4.69) is 53.1 Å². The van der Waals surface area contributed by atoms with Crippen LogP contribution in [0.5, 0.6) is 0 Å². The number of fused-ring (bicyclic) bond motifs is 1. The van der Waals surface area contributed by atoms with Gasteiger partial charge in [-0.1, -0.05) is 6.92 Å². The Hall–Kier alpha value is -1.66. The molecule has 2 fully saturated rings. The average Bonchev–Trinajstić information content (AvgIpc) is 2.96. The molecule has 0 bridgehead atoms. The van der Waals surface area contributed by atoms with E-state index in [-0.39, 0.29) is 0 Å². The van der Waals surface area contributed by atoms with Gasteiger partial charge < -0.3 is 9.80 Å². The summed E-state index contributed by atoms with van der Waals surface area (Å²) in [7, 11) is 2.24. The standard InChI is InChI=1S/C20H32N6/c1-5-17-14-19(26-20(21-17)15(2)16(3)22-26)25-12-10-24(11-13-25)18-6-8-23(4)9-7-18/h14,18H,5-13H2,1-4H3. The highest BCUT2D eigenvalue weighted by atomic mass is 15.4. The summed E-state index contributed by atoms with van der Waals surface area (Å²) in [6.07, 6.45) is 3.59. The summed E-state index contributed by atoms with van der Waals surface area (Å²) in [5.74, 6) is 1.21. The van der Waals surface area contributed by atoms with Crippen molar-refractivity contribution < 1.29 is 0 Å². The number of nitrogens with zero attached hydrogens (tertiary/aromatic N) is 6. The Labute approximate surface area is 156 Å². The highest BCUT2D eigenvalue weighted by molar-refractivity contribution is 5.57. The summed E-state index contributed by atoms with van der Waals surface area (Å²) < 4.78 is 2.06. The van der Waals surface area contributed by atoms with Gasteiger partial charge in [0.2, 0.25) is 0 Å². The second kappa shape index (κ2) is 7.16. The van der Waals surface area contributed by atoms with Gasteiger partial charge in [0.15, 0.2) is 5.65 Å². The third kappa shape index (κ3) is 3.21. The third-order valence-electron chi connectivity index (χ3n) is 6.30. The summed E-state index contributed by atoms with van der Waals surface area (Å²) in [4.78, 5) is 12.5. The molecule has 4 rings (SSSR count). The Bertz CT molecular complexity index is 766. The molecular weight excluding hydrogens is 324 g/mol. The summed E-state index contributed by atoms with van der Waals surface area (Å²) in [6.45, 7) is 13.3. The van der Waals surface area contributed by atoms with E-state index in [1.54, 1.807) is 0 Å². The Kier molecular flexibility index (Phi) is 4.88. The van der Waals surface area contributed by atoms with Crippen molar-refractivity contribution in [2.75, 3.05) is 51.2 Å². The van der Waals surface area contributed by atoms with Crippen LogP contribution in [0.2, 0.25) is 0 Å². The van der Waals surface area contributed by atoms with E-state index in [1.807, 2.05) is 0 Å². The Morgan fingerprint density at radius 2 is 1.73 bits per heavy atom. The minimum absolute atomic E-state index is 0.770. The molecular formula is C20H32N6. The average molecular weight is 357 g/mol. The van der Waals surface area contributed by atoms with Crippen LogP contribution >= 0.6 is 0 Å². The molecule has 2 aromatic rings. The molecule has 0 N–H and O–H groups in total. The molecule has 2 aliphatic heterocycles. The zero-order valence-corrected chi connectivity index (χ0v) is 16.7. The highest BCUT2D eigenvalue weighted by Gasteiger charge is 2.27. The van der Waals surface area contributed by atoms with Crippen molar-refractivity contribution in [1.82, 2.24) is 24.4 Å². The van der Waals surface area contributed by atoms with Crippen molar-refractivity contribution >= 4 is 11.5 Å². The molecule has 2 aliphatic rings. The molecule has 0 amide bonds. The van der Waals surface area contributed by atoms with Gasteiger partial charge in [-0.25, -0.2) is 4.98 Å². The second-order valence-electron chi connectivity index (χ2n) is 7.96. The highest BCUT2D eigenvalue weighted by Crippen LogP contribution is 2.24. The molecule has 0 spiro atoms. The van der Waals surface area contributed by atoms with E-state index in [0.717, 1.165) is 55.7 Å². The number of piperidine rings is 1. The van der Waals surface area contributed by atoms with E-state index in [4.69, 9.17) is 10.1 Å². The van der Waals surface area contributed by atoms with Crippen LogP contribution in [0.25, 0.3) is 5.65 Å². The van der Waals surface area contributed by atoms with Crippen LogP contribution in [-0.4, -0.2) is 76.8 Å². The largest absolute Gasteiger partial charge is 0.354 e. The van der Waals surface area contributed by atoms with Gasteiger partial charge in [-0.15, -0.1) is 0 Å². The van der Waals surface area contributed by atoms with Gasteiger partial charge >= 0.3 is 0 Å². The topological polar surface area (TPSA) is 39.9 Å². The number of hydrogen-bond donors (Lipinski definition) is 0. The fourth-order valence-corrected chi connectivity index (χ4v) is 4.35. The number of likely N-dealkylation sites (tertiary alicyclic amines) is 1.